The highest BCUT2D eigenvalue weighted by atomic mass is 19.4. The number of unbranched alkanes of at least 4 members (excludes halogenated alkanes) is 1. The molecule has 0 amide bonds. The molecule has 0 aliphatic heterocycles. The van der Waals surface area contributed by atoms with E-state index >= 15 is 0 Å². The topological polar surface area (TPSA) is 155 Å². The summed E-state index contributed by atoms with van der Waals surface area (Å²) in [5, 5.41) is 31.0. The molecule has 14 heteroatoms. The molecule has 6 atom stereocenters. The molecule has 11 nitrogen and oxygen atoms in total. The first-order chi connectivity index (χ1) is 22.2. The molecule has 0 bridgehead atoms. The average Bonchev–Trinajstić information content (AvgIpc) is 3.25. The zero-order chi connectivity index (χ0) is 35.0. The van der Waals surface area contributed by atoms with Crippen LogP contribution in [0.5, 0.6) is 5.75 Å². The van der Waals surface area contributed by atoms with Gasteiger partial charge in [0.2, 0.25) is 0 Å². The lowest BCUT2D eigenvalue weighted by atomic mass is 9.89. The second-order valence-electron chi connectivity index (χ2n) is 11.8. The summed E-state index contributed by atoms with van der Waals surface area (Å²) in [7, 11) is 0. The molecule has 0 heterocycles. The molecule has 2 rings (SSSR count). The molecule has 0 aromatic heterocycles. The van der Waals surface area contributed by atoms with E-state index in [1.807, 2.05) is 12.2 Å². The highest BCUT2D eigenvalue weighted by Gasteiger charge is 2.39. The number of halogens is 3. The number of alkyl halides is 3. The molecule has 1 aliphatic carbocycles. The SMILES string of the molecule is CCC(CCCC(=O)O[C@H](/C=C/[C@@H]1[C@@H](C/C=C\CCCC(=O)OC(C)C)[C@@H](O)C[C@H]1O)COc1cccc(C(F)(F)F)c1)O[N+](=O)[O-]. The summed E-state index contributed by atoms with van der Waals surface area (Å²) in [6.45, 7) is 4.94. The highest BCUT2D eigenvalue weighted by Crippen LogP contribution is 2.36. The number of aliphatic hydroxyl groups is 2. The Morgan fingerprint density at radius 3 is 2.45 bits per heavy atom. The maximum atomic E-state index is 13.2. The van der Waals surface area contributed by atoms with Crippen molar-refractivity contribution in [1.82, 2.24) is 0 Å². The Morgan fingerprint density at radius 2 is 1.79 bits per heavy atom. The van der Waals surface area contributed by atoms with Crippen molar-refractivity contribution in [2.45, 2.75) is 115 Å². The molecular formula is C33H46F3NO10. The van der Waals surface area contributed by atoms with E-state index in [9.17, 15) is 43.1 Å². The Balaban J connectivity index is 2.08. The third-order valence-corrected chi connectivity index (χ3v) is 7.61. The zero-order valence-corrected chi connectivity index (χ0v) is 27.0. The van der Waals surface area contributed by atoms with Crippen LogP contribution in [0.1, 0.15) is 84.1 Å². The molecule has 0 radical (unpaired) electrons. The first-order valence-electron chi connectivity index (χ1n) is 15.9. The predicted molar refractivity (Wildman–Crippen MR) is 164 cm³/mol. The summed E-state index contributed by atoms with van der Waals surface area (Å²) >= 11 is 0. The van der Waals surface area contributed by atoms with Gasteiger partial charge in [0, 0.05) is 25.2 Å². The quantitative estimate of drug-likeness (QED) is 0.0543. The number of rotatable bonds is 20. The molecule has 0 spiro atoms. The van der Waals surface area contributed by atoms with Crippen molar-refractivity contribution < 1.29 is 57.1 Å². The van der Waals surface area contributed by atoms with Gasteiger partial charge in [0.15, 0.2) is 6.10 Å². The van der Waals surface area contributed by atoms with Gasteiger partial charge >= 0.3 is 18.1 Å². The Labute approximate surface area is 272 Å². The van der Waals surface area contributed by atoms with Crippen LogP contribution in [0.15, 0.2) is 48.6 Å². The molecule has 0 saturated heterocycles. The third-order valence-electron chi connectivity index (χ3n) is 7.61. The van der Waals surface area contributed by atoms with Gasteiger partial charge in [-0.25, -0.2) is 0 Å². The number of carbonyl (C=O) groups is 2. The van der Waals surface area contributed by atoms with Crippen LogP contribution >= 0.6 is 0 Å². The normalized spacial score (nSPS) is 21.2. The molecule has 47 heavy (non-hydrogen) atoms. The Hall–Kier alpha value is -3.65. The van der Waals surface area contributed by atoms with Crippen molar-refractivity contribution in [2.75, 3.05) is 6.61 Å². The van der Waals surface area contributed by atoms with E-state index in [0.29, 0.717) is 25.7 Å². The fourth-order valence-electron chi connectivity index (χ4n) is 5.24. The number of carbonyl (C=O) groups excluding carboxylic acids is 2. The van der Waals surface area contributed by atoms with Crippen molar-refractivity contribution in [3.8, 4) is 5.75 Å². The minimum atomic E-state index is -4.58. The van der Waals surface area contributed by atoms with Crippen molar-refractivity contribution in [3.63, 3.8) is 0 Å². The van der Waals surface area contributed by atoms with Crippen LogP contribution in [-0.4, -0.2) is 64.4 Å². The smallest absolute Gasteiger partial charge is 0.416 e. The van der Waals surface area contributed by atoms with Gasteiger partial charge in [0.1, 0.15) is 18.5 Å². The summed E-state index contributed by atoms with van der Waals surface area (Å²) in [4.78, 5) is 39.6. The highest BCUT2D eigenvalue weighted by molar-refractivity contribution is 5.70. The standard InChI is InChI=1S/C33H46F3NO10/c1-4-24(47-37(42)43)12-10-16-32(41)46-26(21-44-25-13-9-11-23(19-25)33(34,35)36)17-18-28-27(29(38)20-30(28)39)14-7-5-6-8-15-31(40)45-22(2)3/h5,7,9,11,13,17-19,22,24,26-30,38-39H,4,6,8,10,12,14-16,20-21H2,1-3H3/b7-5-,18-17+/t24?,26-,27-,28-,29+,30-/m1/s1. The van der Waals surface area contributed by atoms with Crippen molar-refractivity contribution in [2.24, 2.45) is 11.8 Å². The first-order valence-corrected chi connectivity index (χ1v) is 15.9. The zero-order valence-electron chi connectivity index (χ0n) is 27.0. The van der Waals surface area contributed by atoms with E-state index < -0.39 is 53.1 Å². The lowest BCUT2D eigenvalue weighted by Crippen LogP contribution is -2.25. The Bertz CT molecular complexity index is 1190. The number of aliphatic hydroxyl groups excluding tert-OH is 2. The second-order valence-corrected chi connectivity index (χ2v) is 11.8. The van der Waals surface area contributed by atoms with Gasteiger partial charge in [-0.2, -0.15) is 13.2 Å². The maximum absolute atomic E-state index is 13.2. The van der Waals surface area contributed by atoms with Crippen LogP contribution in [-0.2, 0) is 30.1 Å². The van der Waals surface area contributed by atoms with Crippen molar-refractivity contribution in [1.29, 1.82) is 0 Å². The van der Waals surface area contributed by atoms with Crippen LogP contribution < -0.4 is 4.74 Å². The number of benzene rings is 1. The van der Waals surface area contributed by atoms with E-state index in [-0.39, 0.29) is 62.5 Å². The summed E-state index contributed by atoms with van der Waals surface area (Å²) in [5.74, 6) is -1.90. The molecule has 1 aliphatic rings. The van der Waals surface area contributed by atoms with Gasteiger partial charge in [-0.05, 0) is 82.6 Å². The van der Waals surface area contributed by atoms with E-state index in [4.69, 9.17) is 14.2 Å². The summed E-state index contributed by atoms with van der Waals surface area (Å²) < 4.78 is 55.8. The minimum Gasteiger partial charge on any atom is -0.489 e. The van der Waals surface area contributed by atoms with Gasteiger partial charge in [-0.3, -0.25) is 9.59 Å². The number of ether oxygens (including phenoxy) is 3. The van der Waals surface area contributed by atoms with Crippen LogP contribution in [0.4, 0.5) is 13.2 Å². The van der Waals surface area contributed by atoms with Crippen LogP contribution in [0, 0.1) is 22.0 Å². The minimum absolute atomic E-state index is 0.0891. The van der Waals surface area contributed by atoms with Gasteiger partial charge < -0.3 is 29.3 Å². The first kappa shape index (κ1) is 39.5. The molecular weight excluding hydrogens is 627 g/mol. The largest absolute Gasteiger partial charge is 0.489 e. The molecule has 1 aromatic rings. The number of hydrogen-bond donors (Lipinski definition) is 2. The molecule has 1 unspecified atom stereocenters. The predicted octanol–water partition coefficient (Wildman–Crippen LogP) is 6.14. The molecule has 1 saturated carbocycles. The number of esters is 2. The molecule has 264 valence electrons. The monoisotopic (exact) mass is 673 g/mol. The Kier molecular flexibility index (Phi) is 16.7. The number of nitrogens with zero attached hydrogens (tertiary/aromatic N) is 1. The lowest BCUT2D eigenvalue weighted by molar-refractivity contribution is -0.768. The van der Waals surface area contributed by atoms with E-state index in [1.165, 1.54) is 18.2 Å². The fourth-order valence-corrected chi connectivity index (χ4v) is 5.24. The molecule has 1 aromatic carbocycles. The molecule has 1 fully saturated rings. The average molecular weight is 674 g/mol. The Morgan fingerprint density at radius 1 is 1.09 bits per heavy atom. The van der Waals surface area contributed by atoms with Gasteiger partial charge in [0.25, 0.3) is 5.09 Å². The van der Waals surface area contributed by atoms with Gasteiger partial charge in [0.05, 0.1) is 23.9 Å². The van der Waals surface area contributed by atoms with Gasteiger partial charge in [-0.15, -0.1) is 10.1 Å². The number of hydrogen-bond acceptors (Lipinski definition) is 10. The van der Waals surface area contributed by atoms with Crippen molar-refractivity contribution >= 4 is 11.9 Å². The summed E-state index contributed by atoms with van der Waals surface area (Å²) in [5.41, 5.74) is -0.907. The van der Waals surface area contributed by atoms with Crippen LogP contribution in [0.25, 0.3) is 0 Å². The fraction of sp³-hybridized carbons (Fsp3) is 0.636. The van der Waals surface area contributed by atoms with E-state index in [1.54, 1.807) is 26.8 Å². The second kappa shape index (κ2) is 19.9. The van der Waals surface area contributed by atoms with E-state index in [2.05, 4.69) is 4.84 Å². The van der Waals surface area contributed by atoms with Gasteiger partial charge in [-0.1, -0.05) is 31.2 Å². The number of allylic oxidation sites excluding steroid dienone is 2. The molecule has 2 N–H and O–H groups in total. The maximum Gasteiger partial charge on any atom is 0.416 e. The lowest BCUT2D eigenvalue weighted by Gasteiger charge is -2.21. The van der Waals surface area contributed by atoms with Crippen molar-refractivity contribution in [3.05, 3.63) is 64.2 Å². The van der Waals surface area contributed by atoms with Crippen LogP contribution in [0.2, 0.25) is 0 Å². The van der Waals surface area contributed by atoms with E-state index in [0.717, 1.165) is 12.1 Å². The van der Waals surface area contributed by atoms with Crippen LogP contribution in [0.3, 0.4) is 0 Å². The summed E-state index contributed by atoms with van der Waals surface area (Å²) in [6.07, 6.45) is 1.49. The third kappa shape index (κ3) is 15.2. The summed E-state index contributed by atoms with van der Waals surface area (Å²) in [6, 6.07) is 4.26.